The zero-order valence-electron chi connectivity index (χ0n) is 9.52. The van der Waals surface area contributed by atoms with Gasteiger partial charge in [0.05, 0.1) is 5.56 Å². The molecule has 0 saturated carbocycles. The van der Waals surface area contributed by atoms with Gasteiger partial charge in [0, 0.05) is 25.9 Å². The van der Waals surface area contributed by atoms with Gasteiger partial charge < -0.3 is 15.0 Å². The molecule has 1 fully saturated rings. The molecule has 2 heterocycles. The summed E-state index contributed by atoms with van der Waals surface area (Å²) in [6.45, 7) is 1.43. The molecule has 0 radical (unpaired) electrons. The fourth-order valence-electron chi connectivity index (χ4n) is 2.15. The number of hydrogen-bond acceptors (Lipinski definition) is 3. The molecular formula is C12H15N3O2. The number of H-pyrrole nitrogens is 1. The van der Waals surface area contributed by atoms with Crippen LogP contribution in [0.4, 0.5) is 0 Å². The first-order valence-electron chi connectivity index (χ1n) is 5.73. The van der Waals surface area contributed by atoms with Gasteiger partial charge in [-0.3, -0.25) is 4.79 Å². The Bertz CT molecular complexity index is 447. The monoisotopic (exact) mass is 233 g/mol. The minimum absolute atomic E-state index is 0.0929. The van der Waals surface area contributed by atoms with Gasteiger partial charge in [-0.1, -0.05) is 0 Å². The number of nitrogens with one attached hydrogen (secondary N) is 1. The number of rotatable bonds is 2. The number of carbonyl (C=O) groups excluding carboxylic acids is 1. The Morgan fingerprint density at radius 3 is 3.18 bits per heavy atom. The fourth-order valence-corrected chi connectivity index (χ4v) is 2.15. The van der Waals surface area contributed by atoms with E-state index in [9.17, 15) is 4.79 Å². The Morgan fingerprint density at radius 1 is 1.71 bits per heavy atom. The summed E-state index contributed by atoms with van der Waals surface area (Å²) in [6, 6.07) is 3.54. The second-order valence-corrected chi connectivity index (χ2v) is 4.36. The smallest absolute Gasteiger partial charge is 0.270 e. The summed E-state index contributed by atoms with van der Waals surface area (Å²) >= 11 is 0. The Balaban J connectivity index is 2.07. The molecular weight excluding hydrogens is 218 g/mol. The maximum absolute atomic E-state index is 12.1. The fraction of sp³-hybridized carbons (Fsp3) is 0.500. The first-order chi connectivity index (χ1) is 8.24. The second kappa shape index (κ2) is 5.02. The first-order valence-corrected chi connectivity index (χ1v) is 5.73. The van der Waals surface area contributed by atoms with Gasteiger partial charge in [-0.2, -0.15) is 5.26 Å². The maximum Gasteiger partial charge on any atom is 0.270 e. The maximum atomic E-state index is 12.1. The predicted molar refractivity (Wildman–Crippen MR) is 61.2 cm³/mol. The van der Waals surface area contributed by atoms with E-state index < -0.39 is 0 Å². The number of aromatic amines is 1. The van der Waals surface area contributed by atoms with Crippen molar-refractivity contribution in [1.29, 1.82) is 5.26 Å². The molecule has 1 aromatic heterocycles. The molecule has 90 valence electrons. The van der Waals surface area contributed by atoms with Crippen molar-refractivity contribution in [3.8, 4) is 6.07 Å². The van der Waals surface area contributed by atoms with E-state index in [1.807, 2.05) is 6.07 Å². The molecule has 0 aromatic carbocycles. The molecule has 1 aliphatic heterocycles. The molecule has 1 aromatic rings. The summed E-state index contributed by atoms with van der Waals surface area (Å²) in [5, 5.41) is 17.8. The van der Waals surface area contributed by atoms with Crippen LogP contribution >= 0.6 is 0 Å². The average Bonchev–Trinajstić information content (AvgIpc) is 2.86. The van der Waals surface area contributed by atoms with Crippen molar-refractivity contribution in [1.82, 2.24) is 9.88 Å². The lowest BCUT2D eigenvalue weighted by Gasteiger charge is -2.31. The third kappa shape index (κ3) is 2.48. The minimum atomic E-state index is -0.0929. The first kappa shape index (κ1) is 11.7. The molecule has 0 spiro atoms. The number of aliphatic hydroxyl groups is 1. The van der Waals surface area contributed by atoms with Crippen LogP contribution < -0.4 is 0 Å². The number of aromatic nitrogens is 1. The normalized spacial score (nSPS) is 20.0. The Morgan fingerprint density at radius 2 is 2.53 bits per heavy atom. The molecule has 2 rings (SSSR count). The third-order valence-corrected chi connectivity index (χ3v) is 3.11. The van der Waals surface area contributed by atoms with Gasteiger partial charge in [0.25, 0.3) is 5.91 Å². The molecule has 0 bridgehead atoms. The summed E-state index contributed by atoms with van der Waals surface area (Å²) in [5.41, 5.74) is 0.907. The molecule has 5 heteroatoms. The average molecular weight is 233 g/mol. The van der Waals surface area contributed by atoms with Crippen molar-refractivity contribution in [3.63, 3.8) is 0 Å². The Hall–Kier alpha value is -1.80. The highest BCUT2D eigenvalue weighted by Gasteiger charge is 2.24. The topological polar surface area (TPSA) is 80.1 Å². The van der Waals surface area contributed by atoms with Crippen LogP contribution in [0.15, 0.2) is 12.3 Å². The molecule has 17 heavy (non-hydrogen) atoms. The van der Waals surface area contributed by atoms with Crippen LogP contribution in [0.3, 0.4) is 0 Å². The zero-order chi connectivity index (χ0) is 12.3. The molecule has 2 N–H and O–H groups in total. The van der Waals surface area contributed by atoms with Crippen LogP contribution in [-0.2, 0) is 0 Å². The number of piperidine rings is 1. The lowest BCUT2D eigenvalue weighted by atomic mass is 9.99. The van der Waals surface area contributed by atoms with Crippen molar-refractivity contribution in [2.75, 3.05) is 19.7 Å². The highest BCUT2D eigenvalue weighted by molar-refractivity contribution is 5.92. The summed E-state index contributed by atoms with van der Waals surface area (Å²) < 4.78 is 0. The lowest BCUT2D eigenvalue weighted by Crippen LogP contribution is -2.41. The van der Waals surface area contributed by atoms with Crippen molar-refractivity contribution in [2.24, 2.45) is 5.92 Å². The highest BCUT2D eigenvalue weighted by atomic mass is 16.3. The van der Waals surface area contributed by atoms with E-state index in [2.05, 4.69) is 4.98 Å². The number of carbonyl (C=O) groups is 1. The van der Waals surface area contributed by atoms with E-state index in [1.165, 1.54) is 6.20 Å². The van der Waals surface area contributed by atoms with E-state index in [1.54, 1.807) is 11.0 Å². The van der Waals surface area contributed by atoms with Crippen LogP contribution in [-0.4, -0.2) is 40.6 Å². The lowest BCUT2D eigenvalue weighted by molar-refractivity contribution is 0.0615. The van der Waals surface area contributed by atoms with Crippen LogP contribution in [0.5, 0.6) is 0 Å². The number of nitriles is 1. The number of hydrogen-bond donors (Lipinski definition) is 2. The van der Waals surface area contributed by atoms with Gasteiger partial charge in [-0.15, -0.1) is 0 Å². The summed E-state index contributed by atoms with van der Waals surface area (Å²) in [7, 11) is 0. The Kier molecular flexibility index (Phi) is 3.45. The van der Waals surface area contributed by atoms with E-state index >= 15 is 0 Å². The molecule has 1 unspecified atom stereocenters. The van der Waals surface area contributed by atoms with Gasteiger partial charge >= 0.3 is 0 Å². The molecule has 1 amide bonds. The summed E-state index contributed by atoms with van der Waals surface area (Å²) in [6.07, 6.45) is 3.41. The van der Waals surface area contributed by atoms with Crippen molar-refractivity contribution >= 4 is 5.91 Å². The van der Waals surface area contributed by atoms with Crippen LogP contribution in [0.2, 0.25) is 0 Å². The second-order valence-electron chi connectivity index (χ2n) is 4.36. The Labute approximate surface area is 99.7 Å². The number of nitrogens with zero attached hydrogens (tertiary/aromatic N) is 2. The molecule has 0 aliphatic carbocycles. The van der Waals surface area contributed by atoms with Gasteiger partial charge in [-0.25, -0.2) is 0 Å². The molecule has 5 nitrogen and oxygen atoms in total. The van der Waals surface area contributed by atoms with Gasteiger partial charge in [0.15, 0.2) is 0 Å². The highest BCUT2D eigenvalue weighted by Crippen LogP contribution is 2.18. The van der Waals surface area contributed by atoms with E-state index in [4.69, 9.17) is 10.4 Å². The van der Waals surface area contributed by atoms with Crippen LogP contribution in [0.1, 0.15) is 28.9 Å². The third-order valence-electron chi connectivity index (χ3n) is 3.11. The number of likely N-dealkylation sites (tertiary alicyclic amines) is 1. The standard InChI is InChI=1S/C12H15N3O2/c13-5-10-4-11(14-6-10)12(17)15-3-1-2-9(7-15)8-16/h4,6,9,14,16H,1-3,7-8H2. The van der Waals surface area contributed by atoms with E-state index in [-0.39, 0.29) is 18.4 Å². The quantitative estimate of drug-likeness (QED) is 0.790. The predicted octanol–water partition coefficient (Wildman–Crippen LogP) is 0.731. The van der Waals surface area contributed by atoms with Crippen LogP contribution in [0, 0.1) is 17.2 Å². The van der Waals surface area contributed by atoms with Gasteiger partial charge in [0.1, 0.15) is 11.8 Å². The number of amides is 1. The van der Waals surface area contributed by atoms with Crippen molar-refractivity contribution in [3.05, 3.63) is 23.5 Å². The van der Waals surface area contributed by atoms with Gasteiger partial charge in [-0.05, 0) is 24.8 Å². The van der Waals surface area contributed by atoms with Gasteiger partial charge in [0.2, 0.25) is 0 Å². The molecule has 1 saturated heterocycles. The molecule has 1 atom stereocenters. The largest absolute Gasteiger partial charge is 0.396 e. The number of aliphatic hydroxyl groups excluding tert-OH is 1. The van der Waals surface area contributed by atoms with E-state index in [0.717, 1.165) is 19.4 Å². The summed E-state index contributed by atoms with van der Waals surface area (Å²) in [4.78, 5) is 16.6. The molecule has 1 aliphatic rings. The van der Waals surface area contributed by atoms with Crippen molar-refractivity contribution < 1.29 is 9.90 Å². The van der Waals surface area contributed by atoms with E-state index in [0.29, 0.717) is 17.8 Å². The minimum Gasteiger partial charge on any atom is -0.396 e. The summed E-state index contributed by atoms with van der Waals surface area (Å²) in [5.74, 6) is 0.0859. The van der Waals surface area contributed by atoms with Crippen LogP contribution in [0.25, 0.3) is 0 Å². The SMILES string of the molecule is N#Cc1c[nH]c(C(=O)N2CCCC(CO)C2)c1. The zero-order valence-corrected chi connectivity index (χ0v) is 9.52. The van der Waals surface area contributed by atoms with Crippen molar-refractivity contribution in [2.45, 2.75) is 12.8 Å².